The highest BCUT2D eigenvalue weighted by molar-refractivity contribution is 5.71. The Morgan fingerprint density at radius 1 is 0.313 bits per heavy atom. The van der Waals surface area contributed by atoms with Gasteiger partial charge in [0, 0.05) is 19.3 Å². The van der Waals surface area contributed by atoms with Crippen molar-refractivity contribution in [2.45, 2.75) is 232 Å². The van der Waals surface area contributed by atoms with Crippen molar-refractivity contribution < 1.29 is 28.6 Å². The van der Waals surface area contributed by atoms with Crippen LogP contribution in [0.15, 0.2) is 122 Å². The second-order valence-corrected chi connectivity index (χ2v) is 17.4. The first-order valence-electron chi connectivity index (χ1n) is 27.0. The standard InChI is InChI=1S/C61H98O6/c1-4-7-10-13-16-19-22-24-26-28-29-30-31-33-34-36-39-42-45-48-51-54-60(63)66-57-58(56-65-59(62)53-50-47-44-41-38-21-18-15-12-9-6-3)67-61(64)55-52-49-46-43-40-37-35-32-27-25-23-20-17-14-11-8-5-2/h7-8,10-11,15-20,24-27,29-30,33-35,37,58H,4-6,9,12-14,21-23,28,31-32,36,38-57H2,1-3H3/b10-7-,11-8-,18-15-,19-16-,20-17-,26-24-,27-25-,30-29-,34-33-,37-35-. The Balaban J connectivity index is 4.46. The molecule has 6 nitrogen and oxygen atoms in total. The minimum Gasteiger partial charge on any atom is -0.462 e. The molecule has 1 unspecified atom stereocenters. The number of hydrogen-bond donors (Lipinski definition) is 0. The molecule has 0 saturated carbocycles. The van der Waals surface area contributed by atoms with E-state index < -0.39 is 6.10 Å². The zero-order valence-corrected chi connectivity index (χ0v) is 43.1. The fourth-order valence-corrected chi connectivity index (χ4v) is 6.91. The lowest BCUT2D eigenvalue weighted by atomic mass is 10.1. The van der Waals surface area contributed by atoms with Crippen LogP contribution >= 0.6 is 0 Å². The third-order valence-corrected chi connectivity index (χ3v) is 10.9. The van der Waals surface area contributed by atoms with Crippen LogP contribution in [0.4, 0.5) is 0 Å². The molecule has 6 heteroatoms. The number of hydrogen-bond acceptors (Lipinski definition) is 6. The minimum atomic E-state index is -0.806. The molecular weight excluding hydrogens is 829 g/mol. The monoisotopic (exact) mass is 927 g/mol. The second kappa shape index (κ2) is 54.4. The van der Waals surface area contributed by atoms with Gasteiger partial charge < -0.3 is 14.2 Å². The van der Waals surface area contributed by atoms with Crippen LogP contribution in [-0.4, -0.2) is 37.2 Å². The molecular formula is C61H98O6. The van der Waals surface area contributed by atoms with E-state index in [0.717, 1.165) is 161 Å². The summed E-state index contributed by atoms with van der Waals surface area (Å²) in [5.41, 5.74) is 0. The topological polar surface area (TPSA) is 78.9 Å². The van der Waals surface area contributed by atoms with Crippen LogP contribution in [0.1, 0.15) is 226 Å². The lowest BCUT2D eigenvalue weighted by Crippen LogP contribution is -2.30. The zero-order valence-electron chi connectivity index (χ0n) is 43.1. The summed E-state index contributed by atoms with van der Waals surface area (Å²) in [6, 6.07) is 0. The summed E-state index contributed by atoms with van der Waals surface area (Å²) >= 11 is 0. The van der Waals surface area contributed by atoms with E-state index in [1.165, 1.54) is 25.7 Å². The van der Waals surface area contributed by atoms with Gasteiger partial charge >= 0.3 is 17.9 Å². The first-order valence-corrected chi connectivity index (χ1v) is 27.0. The van der Waals surface area contributed by atoms with Crippen LogP contribution in [0.3, 0.4) is 0 Å². The van der Waals surface area contributed by atoms with E-state index >= 15 is 0 Å². The second-order valence-electron chi connectivity index (χ2n) is 17.4. The van der Waals surface area contributed by atoms with Gasteiger partial charge in [0.05, 0.1) is 0 Å². The van der Waals surface area contributed by atoms with Gasteiger partial charge in [-0.1, -0.05) is 206 Å². The van der Waals surface area contributed by atoms with Crippen molar-refractivity contribution in [1.29, 1.82) is 0 Å². The summed E-state index contributed by atoms with van der Waals surface area (Å²) in [5, 5.41) is 0. The number of ether oxygens (including phenoxy) is 3. The predicted octanol–water partition coefficient (Wildman–Crippen LogP) is 18.1. The van der Waals surface area contributed by atoms with E-state index in [4.69, 9.17) is 14.2 Å². The van der Waals surface area contributed by atoms with Crippen LogP contribution in [-0.2, 0) is 28.6 Å². The summed E-state index contributed by atoms with van der Waals surface area (Å²) in [6.07, 6.45) is 74.7. The number of allylic oxidation sites excluding steroid dienone is 20. The van der Waals surface area contributed by atoms with E-state index in [0.29, 0.717) is 12.8 Å². The van der Waals surface area contributed by atoms with Gasteiger partial charge in [0.1, 0.15) is 13.2 Å². The highest BCUT2D eigenvalue weighted by atomic mass is 16.6. The maximum absolute atomic E-state index is 12.8. The minimum absolute atomic E-state index is 0.102. The van der Waals surface area contributed by atoms with Gasteiger partial charge in [0.25, 0.3) is 0 Å². The molecule has 0 radical (unpaired) electrons. The molecule has 0 fully saturated rings. The number of carbonyl (C=O) groups is 3. The molecule has 378 valence electrons. The fraction of sp³-hybridized carbons (Fsp3) is 0.623. The summed E-state index contributed by atoms with van der Waals surface area (Å²) in [6.45, 7) is 6.31. The SMILES string of the molecule is CC/C=C\C/C=C\C/C=C\C/C=C\C/C=C\CCCCCCCC(=O)OCC(COC(=O)CCCCCCC/C=C\CCCC)OC(=O)CCCCCC/C=C\C/C=C\C/C=C\C/C=C\CC. The summed E-state index contributed by atoms with van der Waals surface area (Å²) < 4.78 is 16.8. The Morgan fingerprint density at radius 3 is 0.925 bits per heavy atom. The summed E-state index contributed by atoms with van der Waals surface area (Å²) in [4.78, 5) is 38.0. The Kier molecular flexibility index (Phi) is 51.0. The molecule has 0 N–H and O–H groups in total. The lowest BCUT2D eigenvalue weighted by molar-refractivity contribution is -0.167. The molecule has 0 saturated heterocycles. The largest absolute Gasteiger partial charge is 0.462 e. The maximum atomic E-state index is 12.8. The zero-order chi connectivity index (χ0) is 48.6. The van der Waals surface area contributed by atoms with Gasteiger partial charge in [-0.15, -0.1) is 0 Å². The van der Waals surface area contributed by atoms with Gasteiger partial charge in [-0.05, 0) is 122 Å². The maximum Gasteiger partial charge on any atom is 0.306 e. The quantitative estimate of drug-likeness (QED) is 0.0262. The van der Waals surface area contributed by atoms with E-state index in [9.17, 15) is 14.4 Å². The van der Waals surface area contributed by atoms with Crippen molar-refractivity contribution in [3.05, 3.63) is 122 Å². The Hall–Kier alpha value is -4.19. The molecule has 0 aliphatic carbocycles. The van der Waals surface area contributed by atoms with Crippen molar-refractivity contribution >= 4 is 17.9 Å². The third-order valence-electron chi connectivity index (χ3n) is 10.9. The first kappa shape index (κ1) is 62.8. The number of rotatable bonds is 47. The molecule has 0 rings (SSSR count). The van der Waals surface area contributed by atoms with Crippen LogP contribution in [0, 0.1) is 0 Å². The van der Waals surface area contributed by atoms with Gasteiger partial charge in [-0.3, -0.25) is 14.4 Å². The Bertz CT molecular complexity index is 1440. The predicted molar refractivity (Wildman–Crippen MR) is 288 cm³/mol. The van der Waals surface area contributed by atoms with Crippen LogP contribution in [0.25, 0.3) is 0 Å². The fourth-order valence-electron chi connectivity index (χ4n) is 6.91. The van der Waals surface area contributed by atoms with Gasteiger partial charge in [0.2, 0.25) is 0 Å². The molecule has 0 aliphatic rings. The van der Waals surface area contributed by atoms with Gasteiger partial charge in [0.15, 0.2) is 6.10 Å². The van der Waals surface area contributed by atoms with Crippen molar-refractivity contribution in [1.82, 2.24) is 0 Å². The summed E-state index contributed by atoms with van der Waals surface area (Å²) in [5.74, 6) is -0.961. The van der Waals surface area contributed by atoms with Gasteiger partial charge in [-0.2, -0.15) is 0 Å². The number of esters is 3. The molecule has 0 aromatic heterocycles. The van der Waals surface area contributed by atoms with Crippen molar-refractivity contribution in [2.75, 3.05) is 13.2 Å². The number of unbranched alkanes of at least 4 members (excludes halogenated alkanes) is 16. The molecule has 0 heterocycles. The van der Waals surface area contributed by atoms with Crippen LogP contribution in [0.2, 0.25) is 0 Å². The van der Waals surface area contributed by atoms with E-state index in [2.05, 4.69) is 142 Å². The normalized spacial score (nSPS) is 13.1. The molecule has 0 amide bonds. The molecule has 0 aromatic rings. The summed E-state index contributed by atoms with van der Waals surface area (Å²) in [7, 11) is 0. The van der Waals surface area contributed by atoms with E-state index in [1.807, 2.05) is 0 Å². The smallest absolute Gasteiger partial charge is 0.306 e. The molecule has 1 atom stereocenters. The Morgan fingerprint density at radius 2 is 0.582 bits per heavy atom. The molecule has 0 aliphatic heterocycles. The highest BCUT2D eigenvalue weighted by Crippen LogP contribution is 2.13. The van der Waals surface area contributed by atoms with Crippen LogP contribution < -0.4 is 0 Å². The van der Waals surface area contributed by atoms with Crippen LogP contribution in [0.5, 0.6) is 0 Å². The number of carbonyl (C=O) groups excluding carboxylic acids is 3. The highest BCUT2D eigenvalue weighted by Gasteiger charge is 2.19. The third kappa shape index (κ3) is 52.6. The van der Waals surface area contributed by atoms with Crippen molar-refractivity contribution in [2.24, 2.45) is 0 Å². The van der Waals surface area contributed by atoms with Gasteiger partial charge in [-0.25, -0.2) is 0 Å². The average molecular weight is 927 g/mol. The molecule has 0 spiro atoms. The molecule has 0 aromatic carbocycles. The average Bonchev–Trinajstić information content (AvgIpc) is 3.33. The Labute approximate surface area is 412 Å². The van der Waals surface area contributed by atoms with Crippen molar-refractivity contribution in [3.63, 3.8) is 0 Å². The molecule has 67 heavy (non-hydrogen) atoms. The lowest BCUT2D eigenvalue weighted by Gasteiger charge is -2.18. The van der Waals surface area contributed by atoms with E-state index in [-0.39, 0.29) is 37.5 Å². The van der Waals surface area contributed by atoms with Crippen molar-refractivity contribution in [3.8, 4) is 0 Å². The first-order chi connectivity index (χ1) is 33.0. The molecule has 0 bridgehead atoms. The van der Waals surface area contributed by atoms with E-state index in [1.54, 1.807) is 0 Å².